The summed E-state index contributed by atoms with van der Waals surface area (Å²) in [6, 6.07) is 15.2. The zero-order valence-electron chi connectivity index (χ0n) is 17.0. The summed E-state index contributed by atoms with van der Waals surface area (Å²) in [4.78, 5) is 12.8. The molecule has 1 heterocycles. The van der Waals surface area contributed by atoms with E-state index in [2.05, 4.69) is 25.6 Å². The van der Waals surface area contributed by atoms with Gasteiger partial charge in [0.2, 0.25) is 0 Å². The van der Waals surface area contributed by atoms with Gasteiger partial charge in [-0.2, -0.15) is 15.3 Å². The maximum absolute atomic E-state index is 12.8. The molecule has 2 aliphatic rings. The molecule has 2 fully saturated rings. The lowest BCUT2D eigenvalue weighted by atomic mass is 10.2. The van der Waals surface area contributed by atoms with Gasteiger partial charge in [0.25, 0.3) is 5.56 Å². The molecular formula is C23H24N6O. The summed E-state index contributed by atoms with van der Waals surface area (Å²) >= 11 is 0. The highest BCUT2D eigenvalue weighted by Gasteiger charge is 2.32. The fourth-order valence-corrected chi connectivity index (χ4v) is 3.35. The Morgan fingerprint density at radius 1 is 0.833 bits per heavy atom. The van der Waals surface area contributed by atoms with Crippen molar-refractivity contribution < 1.29 is 0 Å². The van der Waals surface area contributed by atoms with Crippen molar-refractivity contribution >= 4 is 22.7 Å². The largest absolute Gasteiger partial charge is 0.297 e. The van der Waals surface area contributed by atoms with E-state index in [1.165, 1.54) is 18.4 Å². The van der Waals surface area contributed by atoms with E-state index >= 15 is 0 Å². The number of aryl methyl sites for hydroxylation is 1. The Morgan fingerprint density at radius 2 is 1.37 bits per heavy atom. The van der Waals surface area contributed by atoms with Crippen LogP contribution in [0.4, 0.5) is 22.7 Å². The normalized spacial score (nSPS) is 16.7. The molecule has 3 aromatic rings. The van der Waals surface area contributed by atoms with Crippen molar-refractivity contribution in [2.75, 3.05) is 0 Å². The van der Waals surface area contributed by atoms with Crippen LogP contribution >= 0.6 is 0 Å². The molecule has 0 bridgehead atoms. The standard InChI is InChI=1S/C23H24N6O/c1-15-2-8-18(9-3-15)24-25-19-10-12-20(13-11-19)26-27-22-21(17-6-7-17)28-29(23(22)30)14-16-4-5-16/h2-3,8-13,16-17,28H,4-7,14H2,1H3. The molecular weight excluding hydrogens is 376 g/mol. The second-order valence-corrected chi connectivity index (χ2v) is 8.26. The Morgan fingerprint density at radius 3 is 1.90 bits per heavy atom. The second kappa shape index (κ2) is 7.82. The summed E-state index contributed by atoms with van der Waals surface area (Å²) in [5.74, 6) is 1.04. The Bertz CT molecular complexity index is 1150. The zero-order chi connectivity index (χ0) is 20.5. The van der Waals surface area contributed by atoms with Gasteiger partial charge in [-0.3, -0.25) is 14.6 Å². The lowest BCUT2D eigenvalue weighted by Gasteiger charge is -1.98. The molecule has 0 atom stereocenters. The van der Waals surface area contributed by atoms with Crippen molar-refractivity contribution in [1.82, 2.24) is 9.78 Å². The van der Waals surface area contributed by atoms with Crippen LogP contribution in [0.2, 0.25) is 0 Å². The summed E-state index contributed by atoms with van der Waals surface area (Å²) < 4.78 is 1.72. The van der Waals surface area contributed by atoms with Gasteiger partial charge in [0.05, 0.1) is 22.8 Å². The van der Waals surface area contributed by atoms with Crippen molar-refractivity contribution in [3.05, 3.63) is 70.1 Å². The molecule has 2 aliphatic carbocycles. The molecule has 1 aromatic heterocycles. The first-order chi connectivity index (χ1) is 14.7. The number of aromatic amines is 1. The number of nitrogens with zero attached hydrogens (tertiary/aromatic N) is 5. The first-order valence-corrected chi connectivity index (χ1v) is 10.5. The predicted molar refractivity (Wildman–Crippen MR) is 116 cm³/mol. The van der Waals surface area contributed by atoms with Crippen LogP contribution in [0.5, 0.6) is 0 Å². The summed E-state index contributed by atoms with van der Waals surface area (Å²) in [5.41, 5.74) is 4.76. The smallest absolute Gasteiger partial charge is 0.294 e. The van der Waals surface area contributed by atoms with Crippen molar-refractivity contribution in [2.45, 2.75) is 45.1 Å². The van der Waals surface area contributed by atoms with E-state index in [1.54, 1.807) is 4.68 Å². The van der Waals surface area contributed by atoms with Crippen LogP contribution in [0.25, 0.3) is 0 Å². The second-order valence-electron chi connectivity index (χ2n) is 8.26. The van der Waals surface area contributed by atoms with Crippen LogP contribution in [0.1, 0.15) is 42.9 Å². The highest BCUT2D eigenvalue weighted by Crippen LogP contribution is 2.43. The fraction of sp³-hybridized carbons (Fsp3) is 0.348. The molecule has 7 nitrogen and oxygen atoms in total. The van der Waals surface area contributed by atoms with Gasteiger partial charge < -0.3 is 0 Å². The summed E-state index contributed by atoms with van der Waals surface area (Å²) in [5, 5.41) is 20.4. The number of azo groups is 2. The quantitative estimate of drug-likeness (QED) is 0.445. The lowest BCUT2D eigenvalue weighted by molar-refractivity contribution is 0.542. The topological polar surface area (TPSA) is 87.2 Å². The molecule has 1 N–H and O–H groups in total. The monoisotopic (exact) mass is 400 g/mol. The van der Waals surface area contributed by atoms with Crippen LogP contribution in [0.15, 0.2) is 73.8 Å². The molecule has 0 unspecified atom stereocenters. The fourth-order valence-electron chi connectivity index (χ4n) is 3.35. The minimum absolute atomic E-state index is 0.0592. The lowest BCUT2D eigenvalue weighted by Crippen LogP contribution is -2.17. The average Bonchev–Trinajstić information content (AvgIpc) is 3.67. The van der Waals surface area contributed by atoms with Gasteiger partial charge in [-0.25, -0.2) is 0 Å². The molecule has 0 aliphatic heterocycles. The molecule has 30 heavy (non-hydrogen) atoms. The molecule has 0 amide bonds. The van der Waals surface area contributed by atoms with Crippen molar-refractivity contribution in [1.29, 1.82) is 0 Å². The molecule has 5 rings (SSSR count). The van der Waals surface area contributed by atoms with Gasteiger partial charge in [0.15, 0.2) is 5.69 Å². The number of hydrogen-bond donors (Lipinski definition) is 1. The van der Waals surface area contributed by atoms with Gasteiger partial charge in [0.1, 0.15) is 0 Å². The third-order valence-electron chi connectivity index (χ3n) is 5.51. The van der Waals surface area contributed by atoms with E-state index in [4.69, 9.17) is 0 Å². The molecule has 0 saturated heterocycles. The minimum Gasteiger partial charge on any atom is -0.297 e. The summed E-state index contributed by atoms with van der Waals surface area (Å²) in [6.45, 7) is 2.80. The Labute approximate surface area is 174 Å². The van der Waals surface area contributed by atoms with Crippen molar-refractivity contribution in [2.24, 2.45) is 26.4 Å². The number of aromatic nitrogens is 2. The van der Waals surface area contributed by atoms with E-state index in [0.717, 1.165) is 36.5 Å². The van der Waals surface area contributed by atoms with Gasteiger partial charge in [-0.05, 0) is 74.9 Å². The molecule has 0 spiro atoms. The Hall–Kier alpha value is -3.35. The van der Waals surface area contributed by atoms with Crippen molar-refractivity contribution in [3.8, 4) is 0 Å². The Balaban J connectivity index is 1.31. The Kier molecular flexibility index (Phi) is 4.86. The minimum atomic E-state index is -0.0592. The number of nitrogens with one attached hydrogen (secondary N) is 1. The molecule has 2 saturated carbocycles. The van der Waals surface area contributed by atoms with Crippen LogP contribution in [0.3, 0.4) is 0 Å². The van der Waals surface area contributed by atoms with E-state index in [1.807, 2.05) is 55.5 Å². The molecule has 152 valence electrons. The molecule has 0 radical (unpaired) electrons. The summed E-state index contributed by atoms with van der Waals surface area (Å²) in [6.07, 6.45) is 4.61. The number of hydrogen-bond acceptors (Lipinski definition) is 5. The van der Waals surface area contributed by atoms with E-state index in [9.17, 15) is 4.79 Å². The van der Waals surface area contributed by atoms with Gasteiger partial charge in [0, 0.05) is 12.5 Å². The highest BCUT2D eigenvalue weighted by atomic mass is 16.1. The SMILES string of the molecule is Cc1ccc(N=Nc2ccc(N=Nc3c(C4CC4)[nH]n(CC4CC4)c3=O)cc2)cc1. The van der Waals surface area contributed by atoms with Crippen LogP contribution < -0.4 is 5.56 Å². The van der Waals surface area contributed by atoms with Crippen LogP contribution in [-0.2, 0) is 6.54 Å². The number of benzene rings is 2. The first-order valence-electron chi connectivity index (χ1n) is 10.5. The van der Waals surface area contributed by atoms with E-state index in [0.29, 0.717) is 23.2 Å². The maximum atomic E-state index is 12.8. The van der Waals surface area contributed by atoms with E-state index in [-0.39, 0.29) is 5.56 Å². The van der Waals surface area contributed by atoms with Gasteiger partial charge in [-0.1, -0.05) is 17.7 Å². The maximum Gasteiger partial charge on any atom is 0.294 e. The summed E-state index contributed by atoms with van der Waals surface area (Å²) in [7, 11) is 0. The third kappa shape index (κ3) is 4.30. The number of rotatable bonds is 7. The van der Waals surface area contributed by atoms with Crippen LogP contribution in [0, 0.1) is 12.8 Å². The van der Waals surface area contributed by atoms with E-state index < -0.39 is 0 Å². The molecule has 2 aromatic carbocycles. The third-order valence-corrected chi connectivity index (χ3v) is 5.51. The van der Waals surface area contributed by atoms with Crippen LogP contribution in [-0.4, -0.2) is 9.78 Å². The first kappa shape index (κ1) is 18.7. The average molecular weight is 400 g/mol. The van der Waals surface area contributed by atoms with Gasteiger partial charge >= 0.3 is 0 Å². The number of H-pyrrole nitrogens is 1. The molecule has 7 heteroatoms. The predicted octanol–water partition coefficient (Wildman–Crippen LogP) is 6.60. The van der Waals surface area contributed by atoms with Crippen molar-refractivity contribution in [3.63, 3.8) is 0 Å². The zero-order valence-corrected chi connectivity index (χ0v) is 17.0. The highest BCUT2D eigenvalue weighted by molar-refractivity contribution is 5.49. The van der Waals surface area contributed by atoms with Gasteiger partial charge in [-0.15, -0.1) is 5.11 Å².